The molecule has 8 nitrogen and oxygen atoms in total. The zero-order valence-corrected chi connectivity index (χ0v) is 18.5. The minimum Gasteiger partial charge on any atom is -0.296 e. The van der Waals surface area contributed by atoms with Crippen LogP contribution in [0.2, 0.25) is 0 Å². The lowest BCUT2D eigenvalue weighted by atomic mass is 10.0. The summed E-state index contributed by atoms with van der Waals surface area (Å²) in [5.41, 5.74) is 8.06. The lowest BCUT2D eigenvalue weighted by Gasteiger charge is -2.33. The number of carbonyl (C=O) groups is 1. The number of aryl methyl sites for hydroxylation is 2. The van der Waals surface area contributed by atoms with E-state index in [0.29, 0.717) is 32.7 Å². The van der Waals surface area contributed by atoms with Crippen molar-refractivity contribution in [1.29, 1.82) is 0 Å². The molecule has 1 fully saturated rings. The quantitative estimate of drug-likeness (QED) is 0.506. The van der Waals surface area contributed by atoms with Crippen LogP contribution in [0.1, 0.15) is 22.4 Å². The fraction of sp³-hybridized carbons (Fsp3) is 0.429. The molecule has 0 saturated carbocycles. The number of hydrogen-bond acceptors (Lipinski definition) is 6. The first-order chi connectivity index (χ1) is 14.2. The Kier molecular flexibility index (Phi) is 7.06. The third kappa shape index (κ3) is 6.01. The number of nitrogens with one attached hydrogen (secondary N) is 1. The van der Waals surface area contributed by atoms with Gasteiger partial charge in [-0.15, -0.1) is 0 Å². The maximum atomic E-state index is 11.7. The van der Waals surface area contributed by atoms with E-state index in [-0.39, 0.29) is 0 Å². The largest absolute Gasteiger partial charge is 0.296 e. The number of rotatable bonds is 8. The van der Waals surface area contributed by atoms with Gasteiger partial charge in [-0.05, 0) is 42.7 Å². The number of nitrogens with zero attached hydrogens (tertiary/aromatic N) is 4. The molecule has 0 atom stereocenters. The molecule has 0 unspecified atom stereocenters. The van der Waals surface area contributed by atoms with Gasteiger partial charge in [-0.25, -0.2) is 8.42 Å². The Hall–Kier alpha value is -2.49. The predicted molar refractivity (Wildman–Crippen MR) is 117 cm³/mol. The highest BCUT2D eigenvalue weighted by molar-refractivity contribution is 7.88. The Morgan fingerprint density at radius 1 is 1.13 bits per heavy atom. The number of sulfonamides is 1. The van der Waals surface area contributed by atoms with Crippen LogP contribution in [0.4, 0.5) is 5.69 Å². The van der Waals surface area contributed by atoms with Gasteiger partial charge in [0.05, 0.1) is 24.7 Å². The molecule has 1 aliphatic rings. The molecule has 1 N–H and O–H groups in total. The van der Waals surface area contributed by atoms with Crippen molar-refractivity contribution in [2.24, 2.45) is 0 Å². The number of piperazine rings is 1. The van der Waals surface area contributed by atoms with Crippen LogP contribution in [0.5, 0.6) is 0 Å². The van der Waals surface area contributed by atoms with Crippen LogP contribution in [0, 0.1) is 13.8 Å². The van der Waals surface area contributed by atoms with Crippen molar-refractivity contribution in [3.8, 4) is 0 Å². The minimum atomic E-state index is -3.12. The maximum Gasteiger partial charge on any atom is 0.228 e. The van der Waals surface area contributed by atoms with E-state index in [9.17, 15) is 13.2 Å². The van der Waals surface area contributed by atoms with E-state index in [0.717, 1.165) is 41.0 Å². The summed E-state index contributed by atoms with van der Waals surface area (Å²) < 4.78 is 24.9. The molecule has 1 aliphatic heterocycles. The molecule has 0 radical (unpaired) electrons. The first-order valence-corrected chi connectivity index (χ1v) is 11.8. The first kappa shape index (κ1) is 22.2. The highest BCUT2D eigenvalue weighted by Crippen LogP contribution is 2.17. The molecule has 9 heteroatoms. The molecule has 1 saturated heterocycles. The van der Waals surface area contributed by atoms with E-state index >= 15 is 0 Å². The SMILES string of the molecule is Cc1ccc(NN(C=O)Cc2cc(CN3CCN(S(C)(=O)=O)CC3)ccc2C)cn1. The summed E-state index contributed by atoms with van der Waals surface area (Å²) in [5.74, 6) is 0. The first-order valence-electron chi connectivity index (χ1n) is 9.92. The number of pyridine rings is 1. The standard InChI is InChI=1S/C21H29N5O3S/c1-17-4-6-19(14-24-8-10-26(11-9-24)30(3,28)29)12-20(17)15-25(16-27)23-21-7-5-18(2)22-13-21/h4-7,12-13,16,23H,8-11,14-15H2,1-3H3. The zero-order valence-electron chi connectivity index (χ0n) is 17.7. The van der Waals surface area contributed by atoms with E-state index < -0.39 is 10.0 Å². The Labute approximate surface area is 178 Å². The van der Waals surface area contributed by atoms with Gasteiger partial charge in [0.2, 0.25) is 16.4 Å². The van der Waals surface area contributed by atoms with Crippen molar-refractivity contribution in [2.75, 3.05) is 37.9 Å². The summed E-state index contributed by atoms with van der Waals surface area (Å²) in [6, 6.07) is 10.0. The second kappa shape index (κ2) is 9.55. The lowest BCUT2D eigenvalue weighted by molar-refractivity contribution is -0.117. The average molecular weight is 432 g/mol. The summed E-state index contributed by atoms with van der Waals surface area (Å²) in [5, 5.41) is 1.50. The second-order valence-electron chi connectivity index (χ2n) is 7.73. The van der Waals surface area contributed by atoms with E-state index in [1.54, 1.807) is 6.20 Å². The summed E-state index contributed by atoms with van der Waals surface area (Å²) in [6.45, 7) is 7.57. The van der Waals surface area contributed by atoms with Crippen LogP contribution in [0.15, 0.2) is 36.5 Å². The van der Waals surface area contributed by atoms with Crippen LogP contribution in [-0.2, 0) is 27.9 Å². The molecular formula is C21H29N5O3S. The van der Waals surface area contributed by atoms with Gasteiger partial charge in [0.15, 0.2) is 0 Å². The highest BCUT2D eigenvalue weighted by atomic mass is 32.2. The Morgan fingerprint density at radius 3 is 2.47 bits per heavy atom. The van der Waals surface area contributed by atoms with Crippen molar-refractivity contribution in [3.05, 3.63) is 58.9 Å². The van der Waals surface area contributed by atoms with Gasteiger partial charge in [0.1, 0.15) is 0 Å². The monoisotopic (exact) mass is 431 g/mol. The topological polar surface area (TPSA) is 85.9 Å². The van der Waals surface area contributed by atoms with Gasteiger partial charge in [0, 0.05) is 38.4 Å². The number of anilines is 1. The predicted octanol–water partition coefficient (Wildman–Crippen LogP) is 1.76. The number of carbonyl (C=O) groups excluding carboxylic acids is 1. The highest BCUT2D eigenvalue weighted by Gasteiger charge is 2.23. The summed E-state index contributed by atoms with van der Waals surface area (Å²) >= 11 is 0. The number of hydrazine groups is 1. The van der Waals surface area contributed by atoms with Crippen molar-refractivity contribution in [3.63, 3.8) is 0 Å². The third-order valence-corrected chi connectivity index (χ3v) is 6.58. The zero-order chi connectivity index (χ0) is 21.7. The molecule has 2 heterocycles. The number of hydrogen-bond donors (Lipinski definition) is 1. The van der Waals surface area contributed by atoms with Crippen LogP contribution >= 0.6 is 0 Å². The molecule has 0 aliphatic carbocycles. The van der Waals surface area contributed by atoms with E-state index in [1.807, 2.05) is 26.0 Å². The van der Waals surface area contributed by atoms with E-state index in [2.05, 4.69) is 33.5 Å². The molecule has 0 bridgehead atoms. The molecule has 1 aromatic heterocycles. The van der Waals surface area contributed by atoms with E-state index in [1.165, 1.54) is 15.6 Å². The summed E-state index contributed by atoms with van der Waals surface area (Å²) in [6.07, 6.45) is 3.73. The van der Waals surface area contributed by atoms with Crippen molar-refractivity contribution in [2.45, 2.75) is 26.9 Å². The van der Waals surface area contributed by atoms with Crippen LogP contribution < -0.4 is 5.43 Å². The minimum absolute atomic E-state index is 0.429. The summed E-state index contributed by atoms with van der Waals surface area (Å²) in [4.78, 5) is 18.1. The van der Waals surface area contributed by atoms with Gasteiger partial charge < -0.3 is 0 Å². The van der Waals surface area contributed by atoms with Crippen molar-refractivity contribution < 1.29 is 13.2 Å². The van der Waals surface area contributed by atoms with Gasteiger partial charge >= 0.3 is 0 Å². The Morgan fingerprint density at radius 2 is 1.87 bits per heavy atom. The van der Waals surface area contributed by atoms with Crippen molar-refractivity contribution in [1.82, 2.24) is 19.2 Å². The molecule has 162 valence electrons. The maximum absolute atomic E-state index is 11.7. The number of amides is 1. The molecule has 2 aromatic rings. The third-order valence-electron chi connectivity index (χ3n) is 5.27. The molecule has 1 amide bonds. The number of aromatic nitrogens is 1. The normalized spacial score (nSPS) is 15.7. The second-order valence-corrected chi connectivity index (χ2v) is 9.71. The fourth-order valence-electron chi connectivity index (χ4n) is 3.46. The van der Waals surface area contributed by atoms with Gasteiger partial charge in [-0.2, -0.15) is 4.31 Å². The van der Waals surface area contributed by atoms with E-state index in [4.69, 9.17) is 0 Å². The van der Waals surface area contributed by atoms with Gasteiger partial charge in [0.25, 0.3) is 0 Å². The van der Waals surface area contributed by atoms with Crippen LogP contribution in [0.3, 0.4) is 0 Å². The Bertz CT molecular complexity index is 971. The van der Waals surface area contributed by atoms with Gasteiger partial charge in [-0.3, -0.25) is 25.1 Å². The number of benzene rings is 1. The van der Waals surface area contributed by atoms with Gasteiger partial charge in [-0.1, -0.05) is 18.2 Å². The molecule has 1 aromatic carbocycles. The van der Waals surface area contributed by atoms with Crippen LogP contribution in [-0.4, -0.2) is 66.5 Å². The fourth-order valence-corrected chi connectivity index (χ4v) is 4.28. The molecule has 3 rings (SSSR count). The average Bonchev–Trinajstić information content (AvgIpc) is 2.71. The Balaban J connectivity index is 1.63. The van der Waals surface area contributed by atoms with Crippen molar-refractivity contribution >= 4 is 22.1 Å². The molecular weight excluding hydrogens is 402 g/mol. The smallest absolute Gasteiger partial charge is 0.228 e. The lowest BCUT2D eigenvalue weighted by Crippen LogP contribution is -2.47. The van der Waals surface area contributed by atoms with Crippen LogP contribution in [0.25, 0.3) is 0 Å². The summed E-state index contributed by atoms with van der Waals surface area (Å²) in [7, 11) is -3.12. The molecule has 30 heavy (non-hydrogen) atoms. The molecule has 0 spiro atoms.